The predicted molar refractivity (Wildman–Crippen MR) is 137 cm³/mol. The van der Waals surface area contributed by atoms with Crippen LogP contribution in [-0.4, -0.2) is 179 Å². The zero-order chi connectivity index (χ0) is 28.0. The molecule has 0 unspecified atom stereocenters. The lowest BCUT2D eigenvalue weighted by Gasteiger charge is -2.07. The Hall–Kier alpha value is -0.560. The Labute approximate surface area is 226 Å². The molecule has 0 amide bonds. The zero-order valence-corrected chi connectivity index (χ0v) is 22.8. The van der Waals surface area contributed by atoms with E-state index in [2.05, 4.69) is 0 Å². The Kier molecular flexibility index (Phi) is 42.6. The summed E-state index contributed by atoms with van der Waals surface area (Å²) >= 11 is 0. The molecule has 0 aromatic carbocycles. The third-order valence-corrected chi connectivity index (χ3v) is 3.92. The van der Waals surface area contributed by atoms with E-state index in [9.17, 15) is 0 Å². The largest absolute Gasteiger partial charge is 0.394 e. The molecule has 0 aromatic heterocycles. The van der Waals surface area contributed by atoms with Gasteiger partial charge in [0.1, 0.15) is 0 Å². The molecule has 0 aromatic rings. The lowest BCUT2D eigenvalue weighted by molar-refractivity contribution is -0.0151. The van der Waals surface area contributed by atoms with Crippen molar-refractivity contribution in [3.05, 3.63) is 0 Å². The molecular formula is C24H52O14. The summed E-state index contributed by atoms with van der Waals surface area (Å²) in [4.78, 5) is 0. The average molecular weight is 565 g/mol. The fraction of sp³-hybridized carbons (Fsp3) is 1.00. The third-order valence-electron chi connectivity index (χ3n) is 3.92. The summed E-state index contributed by atoms with van der Waals surface area (Å²) in [7, 11) is 0. The lowest BCUT2D eigenvalue weighted by atomic mass is 10.7. The fourth-order valence-corrected chi connectivity index (χ4v) is 2.22. The van der Waals surface area contributed by atoms with Crippen molar-refractivity contribution in [3.8, 4) is 0 Å². The van der Waals surface area contributed by atoms with E-state index in [0.29, 0.717) is 132 Å². The molecule has 0 spiro atoms. The van der Waals surface area contributed by atoms with Crippen LogP contribution in [0.4, 0.5) is 0 Å². The number of aliphatic hydroxyl groups excluding tert-OH is 4. The van der Waals surface area contributed by atoms with Crippen molar-refractivity contribution < 1.29 is 67.8 Å². The minimum Gasteiger partial charge on any atom is -0.394 e. The molecule has 0 saturated carbocycles. The van der Waals surface area contributed by atoms with Gasteiger partial charge in [-0.05, 0) is 0 Å². The topological polar surface area (TPSA) is 173 Å². The molecule has 0 aliphatic rings. The summed E-state index contributed by atoms with van der Waals surface area (Å²) in [5.41, 5.74) is 0. The van der Waals surface area contributed by atoms with E-state index in [1.807, 2.05) is 0 Å². The van der Waals surface area contributed by atoms with Crippen molar-refractivity contribution in [1.82, 2.24) is 0 Å². The van der Waals surface area contributed by atoms with E-state index < -0.39 is 0 Å². The first-order valence-electron chi connectivity index (χ1n) is 13.0. The van der Waals surface area contributed by atoms with Crippen LogP contribution >= 0.6 is 0 Å². The number of hydrogen-bond acceptors (Lipinski definition) is 14. The van der Waals surface area contributed by atoms with Crippen molar-refractivity contribution in [2.45, 2.75) is 0 Å². The molecule has 0 rings (SSSR count). The van der Waals surface area contributed by atoms with Gasteiger partial charge in [0.2, 0.25) is 0 Å². The molecule has 14 heteroatoms. The van der Waals surface area contributed by atoms with Crippen LogP contribution in [0.2, 0.25) is 0 Å². The quantitative estimate of drug-likeness (QED) is 0.0668. The Morgan fingerprint density at radius 1 is 0.184 bits per heavy atom. The van der Waals surface area contributed by atoms with Gasteiger partial charge in [-0.25, -0.2) is 0 Å². The molecule has 232 valence electrons. The van der Waals surface area contributed by atoms with Crippen LogP contribution in [0.5, 0.6) is 0 Å². The van der Waals surface area contributed by atoms with E-state index in [-0.39, 0.29) is 26.4 Å². The van der Waals surface area contributed by atoms with Gasteiger partial charge in [-0.15, -0.1) is 0 Å². The van der Waals surface area contributed by atoms with Crippen LogP contribution in [0.1, 0.15) is 0 Å². The van der Waals surface area contributed by atoms with Gasteiger partial charge < -0.3 is 67.8 Å². The highest BCUT2D eigenvalue weighted by molar-refractivity contribution is 4.37. The number of aliphatic hydroxyl groups is 4. The third kappa shape index (κ3) is 42.5. The van der Waals surface area contributed by atoms with Gasteiger partial charge in [0.25, 0.3) is 0 Å². The van der Waals surface area contributed by atoms with Gasteiger partial charge >= 0.3 is 0 Å². The highest BCUT2D eigenvalue weighted by atomic mass is 16.6. The second-order valence-electron chi connectivity index (χ2n) is 7.02. The monoisotopic (exact) mass is 564 g/mol. The molecule has 38 heavy (non-hydrogen) atoms. The van der Waals surface area contributed by atoms with Gasteiger partial charge in [-0.2, -0.15) is 0 Å². The molecule has 0 heterocycles. The van der Waals surface area contributed by atoms with Gasteiger partial charge in [0.15, 0.2) is 0 Å². The first-order valence-corrected chi connectivity index (χ1v) is 13.0. The Morgan fingerprint density at radius 3 is 0.395 bits per heavy atom. The Bertz CT molecular complexity index is 316. The first kappa shape index (κ1) is 39.6. The summed E-state index contributed by atoms with van der Waals surface area (Å²) in [6.45, 7) is 9.61. The molecule has 0 atom stereocenters. The molecule has 0 radical (unpaired) electrons. The summed E-state index contributed by atoms with van der Waals surface area (Å²) < 4.78 is 51.6. The van der Waals surface area contributed by atoms with Crippen LogP contribution in [-0.2, 0) is 47.4 Å². The maximum Gasteiger partial charge on any atom is 0.0701 e. The van der Waals surface area contributed by atoms with E-state index in [1.54, 1.807) is 0 Å². The van der Waals surface area contributed by atoms with E-state index in [0.717, 1.165) is 0 Å². The summed E-state index contributed by atoms with van der Waals surface area (Å²) in [5, 5.41) is 33.8. The second kappa shape index (κ2) is 40.9. The second-order valence-corrected chi connectivity index (χ2v) is 7.02. The lowest BCUT2D eigenvalue weighted by Crippen LogP contribution is -2.14. The molecular weight excluding hydrogens is 512 g/mol. The minimum atomic E-state index is 0.0359. The molecule has 0 bridgehead atoms. The van der Waals surface area contributed by atoms with Crippen molar-refractivity contribution in [1.29, 1.82) is 0 Å². The van der Waals surface area contributed by atoms with Crippen LogP contribution < -0.4 is 0 Å². The molecule has 0 aliphatic heterocycles. The van der Waals surface area contributed by atoms with Gasteiger partial charge in [-0.3, -0.25) is 0 Å². The summed E-state index contributed by atoms with van der Waals surface area (Å²) in [6, 6.07) is 0. The first-order chi connectivity index (χ1) is 18.8. The standard InChI is InChI=1S/2C12H26O7/c2*13-1-3-15-5-7-17-9-11-19-12-10-18-8-6-16-4-2-14/h2*13-14H,1-12H2. The van der Waals surface area contributed by atoms with E-state index >= 15 is 0 Å². The van der Waals surface area contributed by atoms with Crippen molar-refractivity contribution in [2.75, 3.05) is 159 Å². The Morgan fingerprint density at radius 2 is 0.289 bits per heavy atom. The number of ether oxygens (including phenoxy) is 10. The maximum absolute atomic E-state index is 8.45. The number of hydrogen-bond donors (Lipinski definition) is 4. The highest BCUT2D eigenvalue weighted by Crippen LogP contribution is 1.85. The SMILES string of the molecule is OCCOCCOCCOCCOCCOCCO.OCCOCCOCCOCCOCCOCCO. The minimum absolute atomic E-state index is 0.0359. The molecule has 0 saturated heterocycles. The Balaban J connectivity index is 0. The summed E-state index contributed by atoms with van der Waals surface area (Å²) in [6.07, 6.45) is 0. The van der Waals surface area contributed by atoms with Gasteiger partial charge in [0.05, 0.1) is 159 Å². The normalized spacial score (nSPS) is 11.1. The van der Waals surface area contributed by atoms with Crippen molar-refractivity contribution >= 4 is 0 Å². The van der Waals surface area contributed by atoms with Crippen LogP contribution in [0.25, 0.3) is 0 Å². The molecule has 4 N–H and O–H groups in total. The molecule has 0 aliphatic carbocycles. The van der Waals surface area contributed by atoms with Gasteiger partial charge in [0, 0.05) is 0 Å². The predicted octanol–water partition coefficient (Wildman–Crippen LogP) is -1.89. The average Bonchev–Trinajstić information content (AvgIpc) is 2.93. The maximum atomic E-state index is 8.45. The van der Waals surface area contributed by atoms with Crippen molar-refractivity contribution in [3.63, 3.8) is 0 Å². The van der Waals surface area contributed by atoms with Crippen LogP contribution in [0.15, 0.2) is 0 Å². The van der Waals surface area contributed by atoms with Crippen LogP contribution in [0.3, 0.4) is 0 Å². The number of rotatable bonds is 32. The molecule has 0 fully saturated rings. The van der Waals surface area contributed by atoms with Crippen LogP contribution in [0, 0.1) is 0 Å². The molecule has 14 nitrogen and oxygen atoms in total. The van der Waals surface area contributed by atoms with Crippen molar-refractivity contribution in [2.24, 2.45) is 0 Å². The van der Waals surface area contributed by atoms with E-state index in [4.69, 9.17) is 67.8 Å². The zero-order valence-electron chi connectivity index (χ0n) is 22.8. The van der Waals surface area contributed by atoms with E-state index in [1.165, 1.54) is 0 Å². The highest BCUT2D eigenvalue weighted by Gasteiger charge is 1.94. The smallest absolute Gasteiger partial charge is 0.0701 e. The fourth-order valence-electron chi connectivity index (χ4n) is 2.22. The van der Waals surface area contributed by atoms with Gasteiger partial charge in [-0.1, -0.05) is 0 Å². The summed E-state index contributed by atoms with van der Waals surface area (Å²) in [5.74, 6) is 0.